The number of nitrogen functional groups attached to an aromatic ring is 1. The zero-order valence-electron chi connectivity index (χ0n) is 15.0. The number of carbonyl (C=O) groups excluding carboxylic acids is 1. The molecule has 0 aliphatic carbocycles. The Morgan fingerprint density at radius 2 is 2.00 bits per heavy atom. The molecular weight excluding hydrogens is 376 g/mol. The zero-order valence-corrected chi connectivity index (χ0v) is 15.8. The van der Waals surface area contributed by atoms with Crippen molar-refractivity contribution in [2.45, 2.75) is 12.8 Å². The van der Waals surface area contributed by atoms with Gasteiger partial charge >= 0.3 is 0 Å². The number of nitrogens with one attached hydrogen (secondary N) is 2. The maximum absolute atomic E-state index is 12.3. The number of halogens is 1. The van der Waals surface area contributed by atoms with Crippen LogP contribution in [0.15, 0.2) is 59.3 Å². The highest BCUT2D eigenvalue weighted by molar-refractivity contribution is 6.31. The average molecular weight is 395 g/mol. The second kappa shape index (κ2) is 7.78. The Labute approximate surface area is 166 Å². The minimum atomic E-state index is -0.259. The molecule has 0 saturated heterocycles. The predicted octanol–water partition coefficient (Wildman–Crippen LogP) is 3.95. The van der Waals surface area contributed by atoms with Gasteiger partial charge in [-0.05, 0) is 47.9 Å². The Morgan fingerprint density at radius 1 is 1.18 bits per heavy atom. The summed E-state index contributed by atoms with van der Waals surface area (Å²) in [6.45, 7) is 0.485. The number of hydrogen-bond donors (Lipinski definition) is 3. The summed E-state index contributed by atoms with van der Waals surface area (Å²) >= 11 is 6.07. The van der Waals surface area contributed by atoms with Crippen LogP contribution < -0.4 is 11.1 Å². The number of hydrogen-bond acceptors (Lipinski definition) is 4. The van der Waals surface area contributed by atoms with E-state index in [1.54, 1.807) is 6.07 Å². The summed E-state index contributed by atoms with van der Waals surface area (Å²) in [5, 5.41) is 8.50. The van der Waals surface area contributed by atoms with E-state index in [2.05, 4.69) is 15.5 Å². The van der Waals surface area contributed by atoms with Crippen LogP contribution in [0.3, 0.4) is 0 Å². The smallest absolute Gasteiger partial charge is 0.273 e. The molecule has 4 rings (SSSR count). The Bertz CT molecular complexity index is 1120. The first-order chi connectivity index (χ1) is 13.6. The molecule has 7 heteroatoms. The third-order valence-electron chi connectivity index (χ3n) is 4.56. The monoisotopic (exact) mass is 394 g/mol. The maximum Gasteiger partial charge on any atom is 0.273 e. The summed E-state index contributed by atoms with van der Waals surface area (Å²) in [4.78, 5) is 15.5. The van der Waals surface area contributed by atoms with E-state index in [1.807, 2.05) is 48.7 Å². The van der Waals surface area contributed by atoms with Gasteiger partial charge < -0.3 is 20.6 Å². The summed E-state index contributed by atoms with van der Waals surface area (Å²) in [7, 11) is 0. The van der Waals surface area contributed by atoms with Crippen molar-refractivity contribution in [2.75, 3.05) is 12.3 Å². The number of nitrogens with two attached hydrogens (primary N) is 1. The van der Waals surface area contributed by atoms with Crippen molar-refractivity contribution in [1.29, 1.82) is 0 Å². The highest BCUT2D eigenvalue weighted by atomic mass is 35.5. The summed E-state index contributed by atoms with van der Waals surface area (Å²) in [6.07, 6.45) is 3.17. The van der Waals surface area contributed by atoms with E-state index in [4.69, 9.17) is 21.9 Å². The van der Waals surface area contributed by atoms with Crippen molar-refractivity contribution >= 4 is 34.1 Å². The van der Waals surface area contributed by atoms with Crippen LogP contribution in [0.25, 0.3) is 10.9 Å². The largest absolute Gasteiger partial charge is 0.399 e. The first-order valence-electron chi connectivity index (χ1n) is 8.92. The van der Waals surface area contributed by atoms with Gasteiger partial charge in [0.25, 0.3) is 5.91 Å². The average Bonchev–Trinajstić information content (AvgIpc) is 3.31. The number of nitrogens with zero attached hydrogens (tertiary/aromatic N) is 1. The summed E-state index contributed by atoms with van der Waals surface area (Å²) in [5.74, 6) is 0.367. The molecule has 0 atom stereocenters. The molecular formula is C21H19ClN4O2. The number of H-pyrrole nitrogens is 1. The Hall–Kier alpha value is -3.25. The van der Waals surface area contributed by atoms with Crippen LogP contribution in [-0.4, -0.2) is 22.6 Å². The van der Waals surface area contributed by atoms with Gasteiger partial charge in [0, 0.05) is 46.8 Å². The SMILES string of the molecule is Nc1ccc(Cc2cc(C(=O)NCCc3c[nH]c4ccc(Cl)cc34)no2)cc1. The van der Waals surface area contributed by atoms with Gasteiger partial charge in [-0.3, -0.25) is 4.79 Å². The van der Waals surface area contributed by atoms with E-state index in [9.17, 15) is 4.79 Å². The number of anilines is 1. The third-order valence-corrected chi connectivity index (χ3v) is 4.79. The van der Waals surface area contributed by atoms with Crippen LogP contribution in [0.4, 0.5) is 5.69 Å². The first-order valence-corrected chi connectivity index (χ1v) is 9.30. The van der Waals surface area contributed by atoms with Crippen LogP contribution in [0, 0.1) is 0 Å². The summed E-state index contributed by atoms with van der Waals surface area (Å²) < 4.78 is 5.28. The highest BCUT2D eigenvalue weighted by Crippen LogP contribution is 2.22. The molecule has 0 unspecified atom stereocenters. The van der Waals surface area contributed by atoms with E-state index in [0.717, 1.165) is 22.0 Å². The van der Waals surface area contributed by atoms with Gasteiger partial charge in [-0.1, -0.05) is 28.9 Å². The minimum Gasteiger partial charge on any atom is -0.399 e. The number of amides is 1. The third kappa shape index (κ3) is 4.02. The molecule has 0 saturated carbocycles. The lowest BCUT2D eigenvalue weighted by molar-refractivity contribution is 0.0945. The van der Waals surface area contributed by atoms with Gasteiger partial charge in [-0.25, -0.2) is 0 Å². The van der Waals surface area contributed by atoms with Gasteiger partial charge in [-0.2, -0.15) is 0 Å². The molecule has 0 fully saturated rings. The predicted molar refractivity (Wildman–Crippen MR) is 110 cm³/mol. The van der Waals surface area contributed by atoms with Crippen molar-refractivity contribution in [1.82, 2.24) is 15.5 Å². The van der Waals surface area contributed by atoms with Gasteiger partial charge in [-0.15, -0.1) is 0 Å². The fourth-order valence-corrected chi connectivity index (χ4v) is 3.27. The number of fused-ring (bicyclic) bond motifs is 1. The van der Waals surface area contributed by atoms with Gasteiger partial charge in [0.2, 0.25) is 0 Å². The molecule has 4 N–H and O–H groups in total. The first kappa shape index (κ1) is 18.1. The van der Waals surface area contributed by atoms with Crippen molar-refractivity contribution in [2.24, 2.45) is 0 Å². The number of rotatable bonds is 6. The van der Waals surface area contributed by atoms with E-state index in [0.29, 0.717) is 35.9 Å². The molecule has 2 heterocycles. The van der Waals surface area contributed by atoms with Crippen molar-refractivity contribution in [3.8, 4) is 0 Å². The summed E-state index contributed by atoms with van der Waals surface area (Å²) in [5.41, 5.74) is 9.82. The van der Waals surface area contributed by atoms with Crippen LogP contribution in [-0.2, 0) is 12.8 Å². The van der Waals surface area contributed by atoms with Crippen molar-refractivity contribution in [3.63, 3.8) is 0 Å². The number of benzene rings is 2. The fraction of sp³-hybridized carbons (Fsp3) is 0.143. The summed E-state index contributed by atoms with van der Waals surface area (Å²) in [6, 6.07) is 14.9. The molecule has 2 aromatic carbocycles. The molecule has 0 radical (unpaired) electrons. The van der Waals surface area contributed by atoms with Gasteiger partial charge in [0.05, 0.1) is 0 Å². The quantitative estimate of drug-likeness (QED) is 0.431. The second-order valence-electron chi connectivity index (χ2n) is 6.61. The molecule has 2 aromatic heterocycles. The lowest BCUT2D eigenvalue weighted by atomic mass is 10.1. The minimum absolute atomic E-state index is 0.259. The molecule has 28 heavy (non-hydrogen) atoms. The molecule has 142 valence electrons. The number of aromatic amines is 1. The Balaban J connectivity index is 1.34. The van der Waals surface area contributed by atoms with E-state index < -0.39 is 0 Å². The van der Waals surface area contributed by atoms with Gasteiger partial charge in [0.15, 0.2) is 5.69 Å². The molecule has 0 aliphatic heterocycles. The molecule has 1 amide bonds. The van der Waals surface area contributed by atoms with Crippen LogP contribution in [0.1, 0.15) is 27.4 Å². The topological polar surface area (TPSA) is 96.9 Å². The zero-order chi connectivity index (χ0) is 19.5. The van der Waals surface area contributed by atoms with Crippen molar-refractivity contribution in [3.05, 3.63) is 82.3 Å². The van der Waals surface area contributed by atoms with Crippen molar-refractivity contribution < 1.29 is 9.32 Å². The Kier molecular flexibility index (Phi) is 5.04. The van der Waals surface area contributed by atoms with E-state index in [-0.39, 0.29) is 11.6 Å². The molecule has 0 bridgehead atoms. The Morgan fingerprint density at radius 3 is 2.82 bits per heavy atom. The number of aromatic nitrogens is 2. The molecule has 0 aliphatic rings. The van der Waals surface area contributed by atoms with E-state index in [1.165, 1.54) is 0 Å². The second-order valence-corrected chi connectivity index (χ2v) is 7.04. The molecule has 6 nitrogen and oxygen atoms in total. The fourth-order valence-electron chi connectivity index (χ4n) is 3.10. The number of carbonyl (C=O) groups is 1. The normalized spacial score (nSPS) is 11.0. The van der Waals surface area contributed by atoms with Gasteiger partial charge in [0.1, 0.15) is 5.76 Å². The van der Waals surface area contributed by atoms with E-state index >= 15 is 0 Å². The lowest BCUT2D eigenvalue weighted by Gasteiger charge is -2.02. The van der Waals surface area contributed by atoms with Crippen LogP contribution >= 0.6 is 11.6 Å². The molecule has 4 aromatic rings. The highest BCUT2D eigenvalue weighted by Gasteiger charge is 2.13. The van der Waals surface area contributed by atoms with Crippen LogP contribution in [0.2, 0.25) is 5.02 Å². The van der Waals surface area contributed by atoms with Crippen LogP contribution in [0.5, 0.6) is 0 Å². The molecule has 0 spiro atoms. The lowest BCUT2D eigenvalue weighted by Crippen LogP contribution is -2.25. The maximum atomic E-state index is 12.3. The standard InChI is InChI=1S/C21H19ClN4O2/c22-15-3-6-19-18(10-15)14(12-25-19)7-8-24-21(27)20-11-17(28-26-20)9-13-1-4-16(23)5-2-13/h1-6,10-12,25H,7-9,23H2,(H,24,27).